The highest BCUT2D eigenvalue weighted by Gasteiger charge is 2.57. The Kier molecular flexibility index (Phi) is 8.58. The summed E-state index contributed by atoms with van der Waals surface area (Å²) < 4.78 is 15.4. The number of aromatic amines is 3. The summed E-state index contributed by atoms with van der Waals surface area (Å²) in [6.45, 7) is 11.7. The van der Waals surface area contributed by atoms with E-state index in [4.69, 9.17) is 14.2 Å². The summed E-state index contributed by atoms with van der Waals surface area (Å²) in [5.74, 6) is -2.12. The molecule has 0 amide bonds. The van der Waals surface area contributed by atoms with Gasteiger partial charge in [0.2, 0.25) is 0 Å². The molecule has 0 radical (unpaired) electrons. The lowest BCUT2D eigenvalue weighted by molar-refractivity contribution is -0.146. The van der Waals surface area contributed by atoms with Gasteiger partial charge in [-0.2, -0.15) is 0 Å². The number of ether oxygens (including phenoxy) is 3. The Morgan fingerprint density at radius 1 is 0.816 bits per heavy atom. The van der Waals surface area contributed by atoms with Gasteiger partial charge in [0.15, 0.2) is 11.2 Å². The number of nitrogens with one attached hydrogen (secondary N) is 4. The van der Waals surface area contributed by atoms with Crippen LogP contribution in [0.15, 0.2) is 11.4 Å². The molecule has 8 bridgehead atoms. The highest BCUT2D eigenvalue weighted by Crippen LogP contribution is 2.53. The van der Waals surface area contributed by atoms with Gasteiger partial charge in [-0.1, -0.05) is 13.8 Å². The Morgan fingerprint density at radius 3 is 2.14 bits per heavy atom. The largest absolute Gasteiger partial charge is 0.469 e. The van der Waals surface area contributed by atoms with Gasteiger partial charge in [0.25, 0.3) is 0 Å². The molecule has 258 valence electrons. The third-order valence-electron chi connectivity index (χ3n) is 10.9. The summed E-state index contributed by atoms with van der Waals surface area (Å²) in [6, 6.07) is 0. The van der Waals surface area contributed by atoms with Crippen LogP contribution < -0.4 is 16.0 Å². The summed E-state index contributed by atoms with van der Waals surface area (Å²) in [7, 11) is 4.03. The molecule has 1 aliphatic carbocycles. The average molecular weight is 669 g/mol. The van der Waals surface area contributed by atoms with Gasteiger partial charge >= 0.3 is 17.9 Å². The summed E-state index contributed by atoms with van der Waals surface area (Å²) in [4.78, 5) is 63.9. The van der Waals surface area contributed by atoms with Crippen LogP contribution in [0.1, 0.15) is 94.6 Å². The van der Waals surface area contributed by atoms with E-state index < -0.39 is 11.4 Å². The first kappa shape index (κ1) is 33.8. The second-order valence-electron chi connectivity index (χ2n) is 13.4. The van der Waals surface area contributed by atoms with Crippen LogP contribution in [0, 0.1) is 38.0 Å². The molecule has 0 aromatic carbocycles. The topological polar surface area (TPSA) is 155 Å². The zero-order chi connectivity index (χ0) is 35.5. The first-order chi connectivity index (χ1) is 23.3. The molecular formula is C38H44N4O7. The molecule has 3 aromatic rings. The molecule has 6 rings (SSSR count). The molecule has 1 saturated heterocycles. The Labute approximate surface area is 284 Å². The Hall–Kier alpha value is -5.06. The maximum absolute atomic E-state index is 14.5. The van der Waals surface area contributed by atoms with Crippen molar-refractivity contribution in [2.24, 2.45) is 17.3 Å². The summed E-state index contributed by atoms with van der Waals surface area (Å²) in [5.41, 5.74) is 8.39. The third-order valence-corrected chi connectivity index (χ3v) is 10.9. The number of esters is 3. The number of hydrogen-bond donors (Lipinski definition) is 4. The fraction of sp³-hybridized carbons (Fsp3) is 0.421. The van der Waals surface area contributed by atoms with Crippen molar-refractivity contribution in [3.8, 4) is 0 Å². The predicted molar refractivity (Wildman–Crippen MR) is 184 cm³/mol. The van der Waals surface area contributed by atoms with Crippen LogP contribution in [0.4, 0.5) is 0 Å². The number of carbonyl (C=O) groups is 4. The van der Waals surface area contributed by atoms with Gasteiger partial charge in [-0.3, -0.25) is 19.2 Å². The predicted octanol–water partition coefficient (Wildman–Crippen LogP) is 3.78. The van der Waals surface area contributed by atoms with E-state index in [-0.39, 0.29) is 42.4 Å². The normalized spacial score (nSPS) is 20.8. The quantitative estimate of drug-likeness (QED) is 0.169. The van der Waals surface area contributed by atoms with E-state index in [1.54, 1.807) is 6.92 Å². The number of Topliss-reactive ketones (excluding diaryl/α,β-unsaturated/α-hetero) is 1. The van der Waals surface area contributed by atoms with Crippen LogP contribution in [-0.4, -0.2) is 60.0 Å². The zero-order valence-electron chi connectivity index (χ0n) is 29.6. The highest BCUT2D eigenvalue weighted by atomic mass is 16.5. The van der Waals surface area contributed by atoms with Gasteiger partial charge < -0.3 is 34.5 Å². The van der Waals surface area contributed by atoms with E-state index in [0.29, 0.717) is 28.9 Å². The lowest BCUT2D eigenvalue weighted by Crippen LogP contribution is -2.36. The Bertz CT molecular complexity index is 2120. The average Bonchev–Trinajstić information content (AvgIpc) is 3.80. The first-order valence-corrected chi connectivity index (χ1v) is 16.7. The molecule has 2 aliphatic heterocycles. The maximum Gasteiger partial charge on any atom is 0.324 e. The summed E-state index contributed by atoms with van der Waals surface area (Å²) >= 11 is 0. The first-order valence-electron chi connectivity index (χ1n) is 16.7. The van der Waals surface area contributed by atoms with Crippen molar-refractivity contribution in [2.75, 3.05) is 21.3 Å². The lowest BCUT2D eigenvalue weighted by Gasteiger charge is -2.26. The molecule has 4 N–H and O–H groups in total. The van der Waals surface area contributed by atoms with E-state index in [1.807, 2.05) is 32.1 Å². The van der Waals surface area contributed by atoms with Gasteiger partial charge in [0.05, 0.1) is 33.4 Å². The number of H-pyrrole nitrogens is 3. The fourth-order valence-electron chi connectivity index (χ4n) is 7.90. The van der Waals surface area contributed by atoms with Crippen molar-refractivity contribution in [1.82, 2.24) is 20.3 Å². The minimum atomic E-state index is -1.63. The van der Waals surface area contributed by atoms with E-state index in [1.165, 1.54) is 21.3 Å². The van der Waals surface area contributed by atoms with Crippen molar-refractivity contribution >= 4 is 47.5 Å². The van der Waals surface area contributed by atoms with Crippen LogP contribution in [-0.2, 0) is 41.4 Å². The van der Waals surface area contributed by atoms with Crippen molar-refractivity contribution in [1.29, 1.82) is 0 Å². The monoisotopic (exact) mass is 668 g/mol. The molecule has 0 spiro atoms. The SMILES string of the molecule is CCc1c(C)c2[nH]c1=Cc1[nH]c3c(c1C)C(=O)C(C)(C(=O)OC)C3=C1NC(=Cc3[nH]c(c(CC(=O)OC)c3C)C=2)C(C)C1CCC(=O)OC. The van der Waals surface area contributed by atoms with Crippen LogP contribution >= 0.6 is 0 Å². The van der Waals surface area contributed by atoms with Crippen LogP contribution in [0.3, 0.4) is 0 Å². The van der Waals surface area contributed by atoms with Gasteiger partial charge in [0.1, 0.15) is 0 Å². The molecule has 49 heavy (non-hydrogen) atoms. The molecule has 3 aromatic heterocycles. The van der Waals surface area contributed by atoms with Gasteiger partial charge in [-0.15, -0.1) is 0 Å². The molecule has 3 atom stereocenters. The number of carbonyl (C=O) groups excluding carboxylic acids is 4. The van der Waals surface area contributed by atoms with Crippen molar-refractivity contribution in [3.63, 3.8) is 0 Å². The molecule has 3 aliphatic rings. The summed E-state index contributed by atoms with van der Waals surface area (Å²) in [6.07, 6.45) is 7.46. The van der Waals surface area contributed by atoms with E-state index >= 15 is 0 Å². The zero-order valence-corrected chi connectivity index (χ0v) is 29.6. The second-order valence-corrected chi connectivity index (χ2v) is 13.4. The number of hydrogen-bond acceptors (Lipinski definition) is 8. The second kappa shape index (κ2) is 12.4. The van der Waals surface area contributed by atoms with E-state index in [0.717, 1.165) is 67.7 Å². The molecule has 11 heteroatoms. The number of rotatable bonds is 7. The van der Waals surface area contributed by atoms with E-state index in [9.17, 15) is 19.2 Å². The van der Waals surface area contributed by atoms with Gasteiger partial charge in [-0.05, 0) is 86.6 Å². The number of methoxy groups -OCH3 is 3. The highest BCUT2D eigenvalue weighted by molar-refractivity contribution is 6.28. The molecule has 1 fully saturated rings. The number of fused-ring (bicyclic) bond motifs is 7. The van der Waals surface area contributed by atoms with Gasteiger partial charge in [0, 0.05) is 68.6 Å². The standard InChI is InChI=1S/C38H44N4O7/c1-10-21-17(2)25-15-29-23(13-31(44)48-8)19(4)24(40-29)14-26-18(3)22(11-12-30(43)47-7)34(41-26)33-35-32(36(45)38(33,6)37(46)49-9)20(5)27(42-35)16-28(21)39-25/h14-16,18,22,39-42H,10-13H2,1-9H3. The minimum absolute atomic E-state index is 0.0831. The lowest BCUT2D eigenvalue weighted by atomic mass is 9.77. The van der Waals surface area contributed by atoms with Crippen molar-refractivity contribution in [2.45, 2.75) is 67.2 Å². The van der Waals surface area contributed by atoms with Crippen LogP contribution in [0.5, 0.6) is 0 Å². The summed E-state index contributed by atoms with van der Waals surface area (Å²) in [5, 5.41) is 5.40. The molecule has 3 unspecified atom stereocenters. The number of ketones is 1. The van der Waals surface area contributed by atoms with E-state index in [2.05, 4.69) is 41.0 Å². The molecule has 11 nitrogen and oxygen atoms in total. The molecule has 0 saturated carbocycles. The maximum atomic E-state index is 14.5. The third kappa shape index (κ3) is 5.17. The number of allylic oxidation sites excluding steroid dienone is 2. The van der Waals surface area contributed by atoms with Crippen molar-refractivity contribution < 1.29 is 33.4 Å². The molecular weight excluding hydrogens is 624 g/mol. The van der Waals surface area contributed by atoms with Crippen LogP contribution in [0.2, 0.25) is 0 Å². The number of aromatic nitrogens is 3. The van der Waals surface area contributed by atoms with Gasteiger partial charge in [-0.25, -0.2) is 0 Å². The smallest absolute Gasteiger partial charge is 0.324 e. The minimum Gasteiger partial charge on any atom is -0.469 e. The molecule has 5 heterocycles. The Morgan fingerprint density at radius 2 is 1.49 bits per heavy atom. The fourth-order valence-corrected chi connectivity index (χ4v) is 7.90. The Balaban J connectivity index is 1.73. The van der Waals surface area contributed by atoms with Crippen molar-refractivity contribution in [3.05, 3.63) is 78.2 Å². The van der Waals surface area contributed by atoms with Crippen LogP contribution in [0.25, 0.3) is 23.8 Å².